The summed E-state index contributed by atoms with van der Waals surface area (Å²) in [4.78, 5) is 15.9. The molecule has 31 heavy (non-hydrogen) atoms. The summed E-state index contributed by atoms with van der Waals surface area (Å²) >= 11 is 0. The van der Waals surface area contributed by atoms with Gasteiger partial charge < -0.3 is 9.47 Å². The van der Waals surface area contributed by atoms with E-state index in [1.165, 1.54) is 5.56 Å². The predicted octanol–water partition coefficient (Wildman–Crippen LogP) is 4.60. The van der Waals surface area contributed by atoms with E-state index >= 15 is 0 Å². The molecule has 0 aliphatic rings. The third-order valence-corrected chi connectivity index (χ3v) is 4.52. The molecule has 0 radical (unpaired) electrons. The maximum atomic E-state index is 12.0. The number of nitrogens with one attached hydrogen (secondary N) is 1. The SMILES string of the molecule is CC(C)(C)c1ccc(OCCOc2cccc(/C=N\NC(=O)c3ccncc3)c2)cc1. The third-order valence-electron chi connectivity index (χ3n) is 4.52. The lowest BCUT2D eigenvalue weighted by atomic mass is 9.87. The minimum atomic E-state index is -0.293. The van der Waals surface area contributed by atoms with Crippen molar-refractivity contribution in [2.24, 2.45) is 5.10 Å². The molecular formula is C25H27N3O3. The minimum absolute atomic E-state index is 0.123. The fourth-order valence-corrected chi connectivity index (χ4v) is 2.79. The molecule has 0 spiro atoms. The number of ether oxygens (including phenoxy) is 2. The molecule has 6 heteroatoms. The van der Waals surface area contributed by atoms with Gasteiger partial charge in [0.05, 0.1) is 6.21 Å². The van der Waals surface area contributed by atoms with E-state index in [9.17, 15) is 4.79 Å². The fourth-order valence-electron chi connectivity index (χ4n) is 2.79. The Morgan fingerprint density at radius 2 is 1.65 bits per heavy atom. The number of aromatic nitrogens is 1. The maximum Gasteiger partial charge on any atom is 0.271 e. The molecule has 0 bridgehead atoms. The summed E-state index contributed by atoms with van der Waals surface area (Å²) in [6.07, 6.45) is 4.69. The van der Waals surface area contributed by atoms with Crippen LogP contribution in [0.3, 0.4) is 0 Å². The van der Waals surface area contributed by atoms with Gasteiger partial charge >= 0.3 is 0 Å². The Bertz CT molecular complexity index is 1010. The van der Waals surface area contributed by atoms with Crippen molar-refractivity contribution < 1.29 is 14.3 Å². The van der Waals surface area contributed by atoms with E-state index < -0.39 is 0 Å². The van der Waals surface area contributed by atoms with Crippen molar-refractivity contribution >= 4 is 12.1 Å². The molecule has 1 amide bonds. The zero-order valence-corrected chi connectivity index (χ0v) is 18.0. The van der Waals surface area contributed by atoms with Crippen LogP contribution in [0.1, 0.15) is 42.3 Å². The monoisotopic (exact) mass is 417 g/mol. The number of carbonyl (C=O) groups is 1. The van der Waals surface area contributed by atoms with E-state index in [0.29, 0.717) is 24.5 Å². The lowest BCUT2D eigenvalue weighted by Crippen LogP contribution is -2.17. The highest BCUT2D eigenvalue weighted by atomic mass is 16.5. The van der Waals surface area contributed by atoms with Crippen LogP contribution in [0.4, 0.5) is 0 Å². The summed E-state index contributed by atoms with van der Waals surface area (Å²) in [5.74, 6) is 1.23. The third kappa shape index (κ3) is 6.96. The molecular weight excluding hydrogens is 390 g/mol. The van der Waals surface area contributed by atoms with Crippen molar-refractivity contribution in [1.29, 1.82) is 0 Å². The summed E-state index contributed by atoms with van der Waals surface area (Å²) in [5.41, 5.74) is 5.19. The molecule has 0 aliphatic carbocycles. The number of amides is 1. The molecule has 0 saturated carbocycles. The zero-order valence-electron chi connectivity index (χ0n) is 18.0. The number of hydrazone groups is 1. The van der Waals surface area contributed by atoms with Crippen LogP contribution >= 0.6 is 0 Å². The number of benzene rings is 2. The van der Waals surface area contributed by atoms with E-state index in [0.717, 1.165) is 11.3 Å². The second-order valence-electron chi connectivity index (χ2n) is 7.98. The first-order valence-corrected chi connectivity index (χ1v) is 10.1. The molecule has 0 atom stereocenters. The van der Waals surface area contributed by atoms with Gasteiger partial charge in [0.15, 0.2) is 0 Å². The van der Waals surface area contributed by atoms with Crippen LogP contribution in [0.2, 0.25) is 0 Å². The first kappa shape index (κ1) is 22.0. The van der Waals surface area contributed by atoms with Crippen LogP contribution in [0.25, 0.3) is 0 Å². The van der Waals surface area contributed by atoms with Crippen molar-refractivity contribution in [2.75, 3.05) is 13.2 Å². The molecule has 6 nitrogen and oxygen atoms in total. The number of hydrogen-bond acceptors (Lipinski definition) is 5. The molecule has 0 unspecified atom stereocenters. The van der Waals surface area contributed by atoms with Gasteiger partial charge in [-0.05, 0) is 52.9 Å². The van der Waals surface area contributed by atoms with Crippen molar-refractivity contribution in [3.05, 3.63) is 89.7 Å². The summed E-state index contributed by atoms with van der Waals surface area (Å²) in [5, 5.41) is 3.99. The first-order chi connectivity index (χ1) is 14.9. The van der Waals surface area contributed by atoms with Crippen molar-refractivity contribution in [1.82, 2.24) is 10.4 Å². The van der Waals surface area contributed by atoms with Gasteiger partial charge in [0.1, 0.15) is 24.7 Å². The van der Waals surface area contributed by atoms with Crippen molar-refractivity contribution in [3.8, 4) is 11.5 Å². The summed E-state index contributed by atoms with van der Waals surface area (Å²) in [6, 6.07) is 18.9. The van der Waals surface area contributed by atoms with Crippen LogP contribution in [0.5, 0.6) is 11.5 Å². The molecule has 0 aliphatic heterocycles. The van der Waals surface area contributed by atoms with E-state index in [2.05, 4.69) is 48.4 Å². The van der Waals surface area contributed by atoms with Gasteiger partial charge in [0.25, 0.3) is 5.91 Å². The van der Waals surface area contributed by atoms with Gasteiger partial charge in [0, 0.05) is 18.0 Å². The number of hydrogen-bond donors (Lipinski definition) is 1. The van der Waals surface area contributed by atoms with E-state index in [-0.39, 0.29) is 11.3 Å². The standard InChI is InChI=1S/C25H27N3O3/c1-25(2,3)21-7-9-22(10-8-21)30-15-16-31-23-6-4-5-19(17-23)18-27-28-24(29)20-11-13-26-14-12-20/h4-14,17-18H,15-16H2,1-3H3,(H,28,29)/b27-18-. The molecule has 1 N–H and O–H groups in total. The Kier molecular flexibility index (Phi) is 7.38. The highest BCUT2D eigenvalue weighted by Crippen LogP contribution is 2.24. The normalized spacial score (nSPS) is 11.3. The van der Waals surface area contributed by atoms with E-state index in [1.807, 2.05) is 36.4 Å². The Morgan fingerprint density at radius 1 is 0.968 bits per heavy atom. The van der Waals surface area contributed by atoms with Gasteiger partial charge in [-0.15, -0.1) is 0 Å². The Balaban J connectivity index is 1.44. The largest absolute Gasteiger partial charge is 0.490 e. The second-order valence-corrected chi connectivity index (χ2v) is 7.98. The van der Waals surface area contributed by atoms with Crippen LogP contribution in [0, 0.1) is 0 Å². The summed E-state index contributed by atoms with van der Waals surface area (Å²) in [6.45, 7) is 7.41. The average Bonchev–Trinajstić information content (AvgIpc) is 2.77. The Morgan fingerprint density at radius 3 is 2.32 bits per heavy atom. The maximum absolute atomic E-state index is 12.0. The van der Waals surface area contributed by atoms with Gasteiger partial charge in [-0.1, -0.05) is 45.0 Å². The van der Waals surface area contributed by atoms with Gasteiger partial charge in [-0.2, -0.15) is 5.10 Å². The fraction of sp³-hybridized carbons (Fsp3) is 0.240. The van der Waals surface area contributed by atoms with Crippen molar-refractivity contribution in [3.63, 3.8) is 0 Å². The molecule has 0 fully saturated rings. The van der Waals surface area contributed by atoms with Crippen LogP contribution in [0.15, 0.2) is 78.2 Å². The molecule has 160 valence electrons. The highest BCUT2D eigenvalue weighted by Gasteiger charge is 2.12. The highest BCUT2D eigenvalue weighted by molar-refractivity contribution is 5.94. The minimum Gasteiger partial charge on any atom is -0.490 e. The predicted molar refractivity (Wildman–Crippen MR) is 122 cm³/mol. The first-order valence-electron chi connectivity index (χ1n) is 10.1. The zero-order chi connectivity index (χ0) is 22.1. The smallest absolute Gasteiger partial charge is 0.271 e. The van der Waals surface area contributed by atoms with E-state index in [1.54, 1.807) is 30.7 Å². The second kappa shape index (κ2) is 10.4. The number of rotatable bonds is 8. The molecule has 2 aromatic carbocycles. The van der Waals surface area contributed by atoms with Gasteiger partial charge in [-0.25, -0.2) is 5.43 Å². The van der Waals surface area contributed by atoms with Crippen LogP contribution in [-0.2, 0) is 5.41 Å². The number of carbonyl (C=O) groups excluding carboxylic acids is 1. The molecule has 3 aromatic rings. The quantitative estimate of drug-likeness (QED) is 0.330. The van der Waals surface area contributed by atoms with Crippen molar-refractivity contribution in [2.45, 2.75) is 26.2 Å². The number of pyridine rings is 1. The Labute approximate surface area is 182 Å². The lowest BCUT2D eigenvalue weighted by molar-refractivity contribution is 0.0955. The van der Waals surface area contributed by atoms with Gasteiger partial charge in [-0.3, -0.25) is 9.78 Å². The molecule has 1 aromatic heterocycles. The van der Waals surface area contributed by atoms with E-state index in [4.69, 9.17) is 9.47 Å². The summed E-state index contributed by atoms with van der Waals surface area (Å²) < 4.78 is 11.5. The van der Waals surface area contributed by atoms with Crippen LogP contribution in [-0.4, -0.2) is 30.3 Å². The van der Waals surface area contributed by atoms with Crippen LogP contribution < -0.4 is 14.9 Å². The molecule has 1 heterocycles. The average molecular weight is 418 g/mol. The summed E-state index contributed by atoms with van der Waals surface area (Å²) in [7, 11) is 0. The topological polar surface area (TPSA) is 72.8 Å². The molecule has 3 rings (SSSR count). The van der Waals surface area contributed by atoms with Gasteiger partial charge in [0.2, 0.25) is 0 Å². The number of nitrogens with zero attached hydrogens (tertiary/aromatic N) is 2. The molecule has 0 saturated heterocycles. The lowest BCUT2D eigenvalue weighted by Gasteiger charge is -2.19. The Hall–Kier alpha value is -3.67.